The first-order chi connectivity index (χ1) is 19.3. The highest BCUT2D eigenvalue weighted by atomic mass is 16.5. The number of benzene rings is 2. The van der Waals surface area contributed by atoms with Gasteiger partial charge in [-0.15, -0.1) is 0 Å². The minimum atomic E-state index is -1.05. The van der Waals surface area contributed by atoms with Crippen molar-refractivity contribution in [2.45, 2.75) is 70.6 Å². The molecule has 2 aromatic rings. The van der Waals surface area contributed by atoms with E-state index in [1.165, 1.54) is 0 Å². The summed E-state index contributed by atoms with van der Waals surface area (Å²) in [5, 5.41) is 15.3. The number of anilines is 2. The Morgan fingerprint density at radius 1 is 1.07 bits per heavy atom. The maximum atomic E-state index is 14.0. The van der Waals surface area contributed by atoms with Crippen LogP contribution in [0.1, 0.15) is 50.2 Å². The number of carbonyl (C=O) groups excluding carboxylic acids is 3. The quantitative estimate of drug-likeness (QED) is 0.367. The third-order valence-electron chi connectivity index (χ3n) is 8.49. The van der Waals surface area contributed by atoms with Gasteiger partial charge in [-0.2, -0.15) is 0 Å². The Bertz CT molecular complexity index is 1260. The maximum Gasteiger partial charge on any atom is 0.250 e. The molecule has 0 saturated carbocycles. The molecule has 2 bridgehead atoms. The Morgan fingerprint density at radius 3 is 2.58 bits per heavy atom. The number of nitrogens with one attached hydrogen (secondary N) is 2. The number of aliphatic hydroxyl groups excluding tert-OH is 1. The molecule has 0 radical (unpaired) electrons. The highest BCUT2D eigenvalue weighted by Crippen LogP contribution is 2.58. The van der Waals surface area contributed by atoms with Gasteiger partial charge in [-0.1, -0.05) is 12.1 Å². The molecule has 5 rings (SSSR count). The second-order valence-electron chi connectivity index (χ2n) is 11.1. The van der Waals surface area contributed by atoms with E-state index in [2.05, 4.69) is 10.6 Å². The lowest BCUT2D eigenvalue weighted by Crippen LogP contribution is -2.53. The molecular formula is C31H39N3O6. The molecule has 3 aliphatic rings. The number of hydrogen-bond acceptors (Lipinski definition) is 6. The highest BCUT2D eigenvalue weighted by molar-refractivity contribution is 6.05. The summed E-state index contributed by atoms with van der Waals surface area (Å²) in [5.41, 5.74) is 2.21. The van der Waals surface area contributed by atoms with Crippen LogP contribution in [0.25, 0.3) is 0 Å². The van der Waals surface area contributed by atoms with E-state index in [0.29, 0.717) is 56.0 Å². The molecule has 3 fully saturated rings. The first-order valence-electron chi connectivity index (χ1n) is 14.3. The number of likely N-dealkylation sites (tertiary alicyclic amines) is 1. The Labute approximate surface area is 235 Å². The van der Waals surface area contributed by atoms with Gasteiger partial charge in [-0.3, -0.25) is 14.4 Å². The van der Waals surface area contributed by atoms with Crippen molar-refractivity contribution < 1.29 is 29.0 Å². The standard InChI is InChI=1S/C31H39N3O6/c1-4-39-22-12-10-21(11-13-22)32-28(36)25-24-14-15-31(40-24)26(25)30(38)34(16-6-5-7-17-35)27(31)29(37)33-23-18-19(2)8-9-20(23)3/h8-13,18,24-27,35H,4-7,14-17H2,1-3H3,(H,32,36)(H,33,37)/t24-,25+,26+,27?,31?/m1/s1. The number of rotatable bonds is 11. The second-order valence-corrected chi connectivity index (χ2v) is 11.1. The van der Waals surface area contributed by atoms with E-state index in [1.54, 1.807) is 29.2 Å². The van der Waals surface area contributed by atoms with Gasteiger partial charge in [-0.05, 0) is 94.3 Å². The molecule has 9 nitrogen and oxygen atoms in total. The van der Waals surface area contributed by atoms with E-state index in [1.807, 2.05) is 39.0 Å². The Hall–Kier alpha value is -3.43. The van der Waals surface area contributed by atoms with Gasteiger partial charge in [-0.25, -0.2) is 0 Å². The predicted molar refractivity (Wildman–Crippen MR) is 151 cm³/mol. The van der Waals surface area contributed by atoms with Crippen molar-refractivity contribution >= 4 is 29.1 Å². The number of ether oxygens (including phenoxy) is 2. The number of hydrogen-bond donors (Lipinski definition) is 3. The molecular weight excluding hydrogens is 510 g/mol. The first kappa shape index (κ1) is 28.1. The van der Waals surface area contributed by atoms with Crippen molar-refractivity contribution in [3.63, 3.8) is 0 Å². The number of amides is 3. The monoisotopic (exact) mass is 549 g/mol. The molecule has 3 aliphatic heterocycles. The minimum absolute atomic E-state index is 0.0790. The number of unbranched alkanes of at least 4 members (excludes halogenated alkanes) is 2. The molecule has 5 atom stereocenters. The van der Waals surface area contributed by atoms with Crippen LogP contribution < -0.4 is 15.4 Å². The fourth-order valence-corrected chi connectivity index (χ4v) is 6.66. The largest absolute Gasteiger partial charge is 0.494 e. The zero-order chi connectivity index (χ0) is 28.4. The number of fused-ring (bicyclic) bond motifs is 1. The van der Waals surface area contributed by atoms with Crippen molar-refractivity contribution in [3.05, 3.63) is 53.6 Å². The molecule has 0 aromatic heterocycles. The Kier molecular flexibility index (Phi) is 8.14. The van der Waals surface area contributed by atoms with Crippen LogP contribution in [0.5, 0.6) is 5.75 Å². The van der Waals surface area contributed by atoms with Crippen molar-refractivity contribution in [2.75, 3.05) is 30.4 Å². The topological polar surface area (TPSA) is 117 Å². The van der Waals surface area contributed by atoms with E-state index in [-0.39, 0.29) is 24.3 Å². The van der Waals surface area contributed by atoms with Crippen LogP contribution in [-0.2, 0) is 19.1 Å². The van der Waals surface area contributed by atoms with Gasteiger partial charge in [0.25, 0.3) is 0 Å². The van der Waals surface area contributed by atoms with Crippen molar-refractivity contribution in [1.29, 1.82) is 0 Å². The normalized spacial score (nSPS) is 26.6. The maximum absolute atomic E-state index is 14.0. The summed E-state index contributed by atoms with van der Waals surface area (Å²) in [5.74, 6) is -1.49. The molecule has 2 unspecified atom stereocenters. The fraction of sp³-hybridized carbons (Fsp3) is 0.516. The van der Waals surface area contributed by atoms with Crippen LogP contribution in [0.15, 0.2) is 42.5 Å². The van der Waals surface area contributed by atoms with E-state index in [4.69, 9.17) is 9.47 Å². The summed E-state index contributed by atoms with van der Waals surface area (Å²) in [6.45, 7) is 6.80. The summed E-state index contributed by atoms with van der Waals surface area (Å²) in [6, 6.07) is 12.2. The van der Waals surface area contributed by atoms with Crippen LogP contribution in [0.4, 0.5) is 11.4 Å². The molecule has 214 valence electrons. The van der Waals surface area contributed by atoms with Crippen LogP contribution in [0.2, 0.25) is 0 Å². The summed E-state index contributed by atoms with van der Waals surface area (Å²) in [6.07, 6.45) is 2.73. The molecule has 3 heterocycles. The SMILES string of the molecule is CCOc1ccc(NC(=O)[C@@H]2[C@H]3C(=O)N(CCCCCO)C(C(=O)Nc4cc(C)ccc4C)C34CC[C@H]2O4)cc1. The van der Waals surface area contributed by atoms with E-state index in [9.17, 15) is 19.5 Å². The number of aliphatic hydroxyl groups is 1. The lowest BCUT2D eigenvalue weighted by atomic mass is 9.70. The van der Waals surface area contributed by atoms with E-state index in [0.717, 1.165) is 17.5 Å². The van der Waals surface area contributed by atoms with Gasteiger partial charge >= 0.3 is 0 Å². The van der Waals surface area contributed by atoms with Gasteiger partial charge in [0.1, 0.15) is 17.4 Å². The van der Waals surface area contributed by atoms with Crippen molar-refractivity contribution in [1.82, 2.24) is 4.90 Å². The van der Waals surface area contributed by atoms with Crippen molar-refractivity contribution in [2.24, 2.45) is 11.8 Å². The fourth-order valence-electron chi connectivity index (χ4n) is 6.66. The van der Waals surface area contributed by atoms with Gasteiger partial charge < -0.3 is 30.1 Å². The second kappa shape index (κ2) is 11.6. The van der Waals surface area contributed by atoms with Crippen LogP contribution in [0, 0.1) is 25.7 Å². The van der Waals surface area contributed by atoms with E-state index < -0.39 is 29.6 Å². The zero-order valence-corrected chi connectivity index (χ0v) is 23.4. The lowest BCUT2D eigenvalue weighted by molar-refractivity contribution is -0.139. The molecule has 2 aromatic carbocycles. The third-order valence-corrected chi connectivity index (χ3v) is 8.49. The summed E-state index contributed by atoms with van der Waals surface area (Å²) in [7, 11) is 0. The predicted octanol–water partition coefficient (Wildman–Crippen LogP) is 3.82. The van der Waals surface area contributed by atoms with Gasteiger partial charge in [0.2, 0.25) is 17.7 Å². The molecule has 0 aliphatic carbocycles. The minimum Gasteiger partial charge on any atom is -0.494 e. The summed E-state index contributed by atoms with van der Waals surface area (Å²) >= 11 is 0. The highest BCUT2D eigenvalue weighted by Gasteiger charge is 2.74. The average molecular weight is 550 g/mol. The number of carbonyl (C=O) groups is 3. The molecule has 1 spiro atoms. The number of nitrogens with zero attached hydrogens (tertiary/aromatic N) is 1. The van der Waals surface area contributed by atoms with Crippen molar-refractivity contribution in [3.8, 4) is 5.75 Å². The third kappa shape index (κ3) is 5.08. The van der Waals surface area contributed by atoms with Crippen LogP contribution in [-0.4, -0.2) is 65.2 Å². The van der Waals surface area contributed by atoms with Crippen LogP contribution in [0.3, 0.4) is 0 Å². The average Bonchev–Trinajstić information content (AvgIpc) is 3.57. The Morgan fingerprint density at radius 2 is 1.85 bits per heavy atom. The molecule has 3 saturated heterocycles. The summed E-state index contributed by atoms with van der Waals surface area (Å²) < 4.78 is 12.0. The van der Waals surface area contributed by atoms with Crippen LogP contribution >= 0.6 is 0 Å². The first-order valence-corrected chi connectivity index (χ1v) is 14.3. The van der Waals surface area contributed by atoms with E-state index >= 15 is 0 Å². The van der Waals surface area contributed by atoms with Gasteiger partial charge in [0.15, 0.2) is 0 Å². The Balaban J connectivity index is 1.41. The zero-order valence-electron chi connectivity index (χ0n) is 23.4. The molecule has 3 N–H and O–H groups in total. The molecule has 40 heavy (non-hydrogen) atoms. The molecule has 3 amide bonds. The molecule has 9 heteroatoms. The smallest absolute Gasteiger partial charge is 0.250 e. The van der Waals surface area contributed by atoms with Gasteiger partial charge in [0, 0.05) is 24.5 Å². The summed E-state index contributed by atoms with van der Waals surface area (Å²) in [4.78, 5) is 43.3. The lowest BCUT2D eigenvalue weighted by Gasteiger charge is -2.33. The van der Waals surface area contributed by atoms with Gasteiger partial charge in [0.05, 0.1) is 24.5 Å². The number of aryl methyl sites for hydroxylation is 2.